The lowest BCUT2D eigenvalue weighted by atomic mass is 10.1. The molecule has 0 aliphatic carbocycles. The predicted octanol–water partition coefficient (Wildman–Crippen LogP) is 4.62. The first-order chi connectivity index (χ1) is 14.4. The van der Waals surface area contributed by atoms with E-state index in [1.54, 1.807) is 0 Å². The molecule has 3 aromatic rings. The fourth-order valence-corrected chi connectivity index (χ4v) is 5.50. The second-order valence-corrected chi connectivity index (χ2v) is 10.5. The average molecular weight is 469 g/mol. The van der Waals surface area contributed by atoms with Crippen LogP contribution in [0.1, 0.15) is 22.3 Å². The summed E-state index contributed by atoms with van der Waals surface area (Å²) in [6, 6.07) is 5.21. The summed E-state index contributed by atoms with van der Waals surface area (Å²) < 4.78 is 64.2. The van der Waals surface area contributed by atoms with Gasteiger partial charge in [-0.2, -0.15) is 13.2 Å². The highest BCUT2D eigenvalue weighted by Crippen LogP contribution is 2.39. The SMILES string of the molecule is Cc1cc2c(cc1Nc1ncc(C(F)(F)F)c(-c3cc(S(C)(=O)=O)cs3)n1)CN(C)C2. The minimum Gasteiger partial charge on any atom is -0.324 e. The van der Waals surface area contributed by atoms with Crippen LogP contribution >= 0.6 is 11.3 Å². The maximum absolute atomic E-state index is 13.6. The number of aryl methyl sites for hydroxylation is 1. The van der Waals surface area contributed by atoms with Gasteiger partial charge >= 0.3 is 6.18 Å². The van der Waals surface area contributed by atoms with Gasteiger partial charge in [-0.15, -0.1) is 11.3 Å². The highest BCUT2D eigenvalue weighted by Gasteiger charge is 2.36. The van der Waals surface area contributed by atoms with Gasteiger partial charge in [-0.25, -0.2) is 18.4 Å². The Morgan fingerprint density at radius 1 is 1.16 bits per heavy atom. The lowest BCUT2D eigenvalue weighted by Crippen LogP contribution is -2.11. The van der Waals surface area contributed by atoms with Gasteiger partial charge in [0, 0.05) is 36.6 Å². The molecule has 164 valence electrons. The van der Waals surface area contributed by atoms with E-state index in [-0.39, 0.29) is 21.4 Å². The van der Waals surface area contributed by atoms with Crippen molar-refractivity contribution >= 4 is 32.8 Å². The van der Waals surface area contributed by atoms with Gasteiger partial charge < -0.3 is 5.32 Å². The van der Waals surface area contributed by atoms with Crippen LogP contribution in [0.5, 0.6) is 0 Å². The van der Waals surface area contributed by atoms with Gasteiger partial charge in [0.25, 0.3) is 0 Å². The molecular formula is C20H19F3N4O2S2. The molecule has 1 N–H and O–H groups in total. The third-order valence-corrected chi connectivity index (χ3v) is 7.18. The van der Waals surface area contributed by atoms with E-state index in [1.807, 2.05) is 26.1 Å². The molecule has 1 aromatic carbocycles. The number of nitrogens with one attached hydrogen (secondary N) is 1. The number of sulfone groups is 1. The van der Waals surface area contributed by atoms with Gasteiger partial charge in [0.15, 0.2) is 9.84 Å². The Morgan fingerprint density at radius 3 is 2.45 bits per heavy atom. The first kappa shape index (κ1) is 21.7. The van der Waals surface area contributed by atoms with Gasteiger partial charge in [-0.1, -0.05) is 6.07 Å². The summed E-state index contributed by atoms with van der Waals surface area (Å²) in [6.45, 7) is 3.54. The van der Waals surface area contributed by atoms with Gasteiger partial charge in [0.2, 0.25) is 5.95 Å². The van der Waals surface area contributed by atoms with Crippen molar-refractivity contribution in [3.63, 3.8) is 0 Å². The lowest BCUT2D eigenvalue weighted by molar-refractivity contribution is -0.137. The molecule has 0 unspecified atom stereocenters. The third kappa shape index (κ3) is 4.43. The smallest absolute Gasteiger partial charge is 0.324 e. The van der Waals surface area contributed by atoms with Crippen molar-refractivity contribution in [3.8, 4) is 10.6 Å². The van der Waals surface area contributed by atoms with E-state index in [0.29, 0.717) is 5.69 Å². The Balaban J connectivity index is 1.75. The topological polar surface area (TPSA) is 75.2 Å². The van der Waals surface area contributed by atoms with Crippen LogP contribution < -0.4 is 5.32 Å². The number of thiophene rings is 1. The van der Waals surface area contributed by atoms with Crippen LogP contribution in [0.4, 0.5) is 24.8 Å². The Morgan fingerprint density at radius 2 is 1.84 bits per heavy atom. The standard InChI is InChI=1S/C20H19F3N4O2S2/c1-11-4-12-8-27(2)9-13(12)5-16(11)25-19-24-7-15(20(21,22)23)18(26-19)17-6-14(10-30-17)31(3,28)29/h4-7,10H,8-9H2,1-3H3,(H,24,25,26). The molecule has 0 bridgehead atoms. The molecule has 0 radical (unpaired) electrons. The van der Waals surface area contributed by atoms with E-state index in [4.69, 9.17) is 0 Å². The maximum Gasteiger partial charge on any atom is 0.420 e. The number of hydrogen-bond donors (Lipinski definition) is 1. The minimum absolute atomic E-state index is 0.00621. The number of benzene rings is 1. The minimum atomic E-state index is -4.68. The van der Waals surface area contributed by atoms with E-state index in [0.717, 1.165) is 48.0 Å². The molecule has 0 spiro atoms. The number of rotatable bonds is 4. The highest BCUT2D eigenvalue weighted by atomic mass is 32.2. The summed E-state index contributed by atoms with van der Waals surface area (Å²) in [4.78, 5) is 10.2. The van der Waals surface area contributed by atoms with Crippen LogP contribution in [0.15, 0.2) is 34.7 Å². The zero-order valence-electron chi connectivity index (χ0n) is 16.9. The highest BCUT2D eigenvalue weighted by molar-refractivity contribution is 7.90. The summed E-state index contributed by atoms with van der Waals surface area (Å²) >= 11 is 0.892. The van der Waals surface area contributed by atoms with Crippen molar-refractivity contribution < 1.29 is 21.6 Å². The largest absolute Gasteiger partial charge is 0.420 e. The van der Waals surface area contributed by atoms with E-state index in [2.05, 4.69) is 20.2 Å². The van der Waals surface area contributed by atoms with Gasteiger partial charge in [0.05, 0.1) is 15.5 Å². The Hall–Kier alpha value is -2.50. The fraction of sp³-hybridized carbons (Fsp3) is 0.300. The summed E-state index contributed by atoms with van der Waals surface area (Å²) in [5, 5.41) is 4.33. The van der Waals surface area contributed by atoms with Crippen molar-refractivity contribution in [2.24, 2.45) is 0 Å². The summed E-state index contributed by atoms with van der Waals surface area (Å²) in [7, 11) is -1.53. The zero-order valence-corrected chi connectivity index (χ0v) is 18.5. The number of aromatic nitrogens is 2. The van der Waals surface area contributed by atoms with Gasteiger partial charge in [0.1, 0.15) is 5.56 Å². The van der Waals surface area contributed by atoms with Crippen LogP contribution in [0.2, 0.25) is 0 Å². The summed E-state index contributed by atoms with van der Waals surface area (Å²) in [5.41, 5.74) is 2.61. The molecule has 31 heavy (non-hydrogen) atoms. The van der Waals surface area contributed by atoms with Crippen LogP contribution in [0.25, 0.3) is 10.6 Å². The van der Waals surface area contributed by atoms with Gasteiger partial charge in [-0.05, 0) is 42.8 Å². The molecule has 0 saturated heterocycles. The van der Waals surface area contributed by atoms with Crippen LogP contribution in [0.3, 0.4) is 0 Å². The van der Waals surface area contributed by atoms with Crippen LogP contribution in [-0.4, -0.2) is 36.6 Å². The molecule has 3 heterocycles. The summed E-state index contributed by atoms with van der Waals surface area (Å²) in [6.07, 6.45) is -2.96. The van der Waals surface area contributed by atoms with Crippen LogP contribution in [0, 0.1) is 6.92 Å². The van der Waals surface area contributed by atoms with E-state index >= 15 is 0 Å². The number of hydrogen-bond acceptors (Lipinski definition) is 7. The molecule has 0 amide bonds. The molecule has 11 heteroatoms. The normalized spacial score (nSPS) is 14.6. The Labute approximate surface area is 181 Å². The Bertz CT molecular complexity index is 1270. The summed E-state index contributed by atoms with van der Waals surface area (Å²) in [5.74, 6) is 0.00621. The van der Waals surface area contributed by atoms with E-state index in [1.165, 1.54) is 17.0 Å². The van der Waals surface area contributed by atoms with E-state index in [9.17, 15) is 21.6 Å². The number of fused-ring (bicyclic) bond motifs is 1. The molecule has 0 saturated carbocycles. The van der Waals surface area contributed by atoms with Crippen molar-refractivity contribution in [2.45, 2.75) is 31.1 Å². The van der Waals surface area contributed by atoms with Crippen molar-refractivity contribution in [1.29, 1.82) is 0 Å². The monoisotopic (exact) mass is 468 g/mol. The lowest BCUT2D eigenvalue weighted by Gasteiger charge is -2.14. The molecule has 0 fully saturated rings. The number of anilines is 2. The molecule has 4 rings (SSSR count). The third-order valence-electron chi connectivity index (χ3n) is 5.00. The molecule has 0 atom stereocenters. The van der Waals surface area contributed by atoms with Crippen molar-refractivity contribution in [3.05, 3.63) is 52.0 Å². The molecular weight excluding hydrogens is 449 g/mol. The molecule has 1 aliphatic heterocycles. The average Bonchev–Trinajstić information content (AvgIpc) is 3.27. The maximum atomic E-state index is 13.6. The Kier molecular flexibility index (Phi) is 5.31. The predicted molar refractivity (Wildman–Crippen MR) is 113 cm³/mol. The number of halogens is 3. The van der Waals surface area contributed by atoms with Crippen molar-refractivity contribution in [2.75, 3.05) is 18.6 Å². The second kappa shape index (κ2) is 7.57. The molecule has 1 aliphatic rings. The van der Waals surface area contributed by atoms with E-state index < -0.39 is 21.6 Å². The second-order valence-electron chi connectivity index (χ2n) is 7.61. The number of nitrogens with zero attached hydrogens (tertiary/aromatic N) is 3. The first-order valence-electron chi connectivity index (χ1n) is 9.23. The molecule has 6 nitrogen and oxygen atoms in total. The van der Waals surface area contributed by atoms with Gasteiger partial charge in [-0.3, -0.25) is 4.90 Å². The fourth-order valence-electron chi connectivity index (χ4n) is 3.47. The van der Waals surface area contributed by atoms with Crippen LogP contribution in [-0.2, 0) is 29.1 Å². The first-order valence-corrected chi connectivity index (χ1v) is 12.0. The number of alkyl halides is 3. The quantitative estimate of drug-likeness (QED) is 0.602. The molecule has 2 aromatic heterocycles. The zero-order chi connectivity index (χ0) is 22.6. The van der Waals surface area contributed by atoms with Crippen molar-refractivity contribution in [1.82, 2.24) is 14.9 Å².